The number of methoxy groups -OCH3 is 2. The molecule has 35 heavy (non-hydrogen) atoms. The largest absolute Gasteiger partial charge is 0.493 e. The summed E-state index contributed by atoms with van der Waals surface area (Å²) in [6.07, 6.45) is 0. The highest BCUT2D eigenvalue weighted by Gasteiger charge is 2.28. The molecule has 4 aromatic rings. The highest BCUT2D eigenvalue weighted by molar-refractivity contribution is 5.86. The molecule has 1 N–H and O–H groups in total. The van der Waals surface area contributed by atoms with Crippen LogP contribution < -0.4 is 19.5 Å². The van der Waals surface area contributed by atoms with Crippen molar-refractivity contribution >= 4 is 10.8 Å². The summed E-state index contributed by atoms with van der Waals surface area (Å²) in [6, 6.07) is 29.6. The van der Waals surface area contributed by atoms with Crippen molar-refractivity contribution in [2.24, 2.45) is 0 Å². The summed E-state index contributed by atoms with van der Waals surface area (Å²) < 4.78 is 17.9. The van der Waals surface area contributed by atoms with Crippen molar-refractivity contribution < 1.29 is 14.2 Å². The molecule has 0 bridgehead atoms. The predicted octanol–water partition coefficient (Wildman–Crippen LogP) is 5.43. The van der Waals surface area contributed by atoms with Gasteiger partial charge in [0.1, 0.15) is 6.61 Å². The molecule has 4 aromatic carbocycles. The number of nitrogens with zero attached hydrogens (tertiary/aromatic N) is 1. The molecular weight excluding hydrogens is 436 g/mol. The van der Waals surface area contributed by atoms with Crippen LogP contribution in [0, 0.1) is 0 Å². The van der Waals surface area contributed by atoms with Gasteiger partial charge in [-0.15, -0.1) is 0 Å². The molecule has 5 rings (SSSR count). The van der Waals surface area contributed by atoms with Crippen molar-refractivity contribution in [3.05, 3.63) is 102 Å². The summed E-state index contributed by atoms with van der Waals surface area (Å²) in [5.74, 6) is 1.98. The van der Waals surface area contributed by atoms with Gasteiger partial charge in [-0.2, -0.15) is 0 Å². The smallest absolute Gasteiger partial charge is 0.203 e. The van der Waals surface area contributed by atoms with E-state index in [1.807, 2.05) is 30.3 Å². The first-order chi connectivity index (χ1) is 17.3. The maximum Gasteiger partial charge on any atom is 0.203 e. The van der Waals surface area contributed by atoms with Gasteiger partial charge in [0.05, 0.1) is 20.3 Å². The van der Waals surface area contributed by atoms with Crippen molar-refractivity contribution in [2.75, 3.05) is 40.4 Å². The van der Waals surface area contributed by atoms with E-state index in [2.05, 4.69) is 64.8 Å². The average molecular weight is 469 g/mol. The van der Waals surface area contributed by atoms with Crippen molar-refractivity contribution in [1.29, 1.82) is 0 Å². The third kappa shape index (κ3) is 4.97. The number of benzene rings is 4. The van der Waals surface area contributed by atoms with Crippen molar-refractivity contribution in [3.8, 4) is 17.2 Å². The van der Waals surface area contributed by atoms with Gasteiger partial charge in [-0.1, -0.05) is 72.8 Å². The van der Waals surface area contributed by atoms with Gasteiger partial charge in [-0.25, -0.2) is 0 Å². The van der Waals surface area contributed by atoms with E-state index >= 15 is 0 Å². The van der Waals surface area contributed by atoms with E-state index in [4.69, 9.17) is 14.2 Å². The number of rotatable bonds is 8. The van der Waals surface area contributed by atoms with E-state index in [0.717, 1.165) is 37.3 Å². The fraction of sp³-hybridized carbons (Fsp3) is 0.267. The second kappa shape index (κ2) is 10.8. The van der Waals surface area contributed by atoms with Crippen LogP contribution in [0.15, 0.2) is 84.9 Å². The number of hydrogen-bond donors (Lipinski definition) is 1. The van der Waals surface area contributed by atoms with Crippen LogP contribution in [0.5, 0.6) is 17.2 Å². The van der Waals surface area contributed by atoms with Crippen LogP contribution >= 0.6 is 0 Å². The lowest BCUT2D eigenvalue weighted by molar-refractivity contribution is 0.198. The number of ether oxygens (including phenoxy) is 3. The molecule has 0 aliphatic carbocycles. The summed E-state index contributed by atoms with van der Waals surface area (Å²) in [4.78, 5) is 2.54. The quantitative estimate of drug-likeness (QED) is 0.374. The van der Waals surface area contributed by atoms with E-state index in [1.165, 1.54) is 16.3 Å². The van der Waals surface area contributed by atoms with E-state index < -0.39 is 0 Å². The molecule has 0 radical (unpaired) electrons. The Morgan fingerprint density at radius 1 is 0.800 bits per heavy atom. The summed E-state index contributed by atoms with van der Waals surface area (Å²) in [7, 11) is 3.37. The fourth-order valence-corrected chi connectivity index (χ4v) is 4.95. The summed E-state index contributed by atoms with van der Waals surface area (Å²) in [5.41, 5.74) is 3.51. The number of hydrogen-bond acceptors (Lipinski definition) is 5. The standard InChI is InChI=1S/C30H32N2O3/c1-33-27-19-24(20-28(34-2)30(27)35-21-22-9-4-3-5-10-22)29(32-17-15-31-16-18-32)26-14-8-12-23-11-6-7-13-25(23)26/h3-14,19-20,29,31H,15-18,21H2,1-2H3. The first kappa shape index (κ1) is 23.2. The van der Waals surface area contributed by atoms with E-state index in [1.54, 1.807) is 14.2 Å². The molecule has 1 fully saturated rings. The van der Waals surface area contributed by atoms with Crippen LogP contribution in [-0.2, 0) is 6.61 Å². The lowest BCUT2D eigenvalue weighted by Crippen LogP contribution is -2.45. The van der Waals surface area contributed by atoms with Gasteiger partial charge < -0.3 is 19.5 Å². The Balaban J connectivity index is 1.59. The molecule has 0 saturated carbocycles. The SMILES string of the molecule is COc1cc(C(c2cccc3ccccc23)N2CCNCC2)cc(OC)c1OCc1ccccc1. The fourth-order valence-electron chi connectivity index (χ4n) is 4.95. The zero-order valence-corrected chi connectivity index (χ0v) is 20.4. The van der Waals surface area contributed by atoms with Gasteiger partial charge in [0, 0.05) is 26.2 Å². The molecule has 180 valence electrons. The van der Waals surface area contributed by atoms with Crippen molar-refractivity contribution in [3.63, 3.8) is 0 Å². The molecule has 0 aromatic heterocycles. The molecule has 0 spiro atoms. The normalized spacial score (nSPS) is 15.0. The Labute approximate surface area is 207 Å². The average Bonchev–Trinajstić information content (AvgIpc) is 2.93. The molecule has 1 heterocycles. The van der Waals surface area contributed by atoms with Crippen LogP contribution in [0.3, 0.4) is 0 Å². The molecule has 1 aliphatic rings. The molecular formula is C30H32N2O3. The zero-order chi connectivity index (χ0) is 24.0. The summed E-state index contributed by atoms with van der Waals surface area (Å²) >= 11 is 0. The van der Waals surface area contributed by atoms with Crippen molar-refractivity contribution in [1.82, 2.24) is 10.2 Å². The molecule has 1 atom stereocenters. The molecule has 5 heteroatoms. The third-order valence-corrected chi connectivity index (χ3v) is 6.66. The van der Waals surface area contributed by atoms with Crippen LogP contribution in [0.2, 0.25) is 0 Å². The minimum Gasteiger partial charge on any atom is -0.493 e. The Hall–Kier alpha value is -3.54. The highest BCUT2D eigenvalue weighted by Crippen LogP contribution is 2.43. The molecule has 1 unspecified atom stereocenters. The van der Waals surface area contributed by atoms with E-state index in [-0.39, 0.29) is 6.04 Å². The van der Waals surface area contributed by atoms with Gasteiger partial charge >= 0.3 is 0 Å². The minimum absolute atomic E-state index is 0.0640. The lowest BCUT2D eigenvalue weighted by Gasteiger charge is -2.36. The number of piperazine rings is 1. The Morgan fingerprint density at radius 3 is 2.17 bits per heavy atom. The first-order valence-corrected chi connectivity index (χ1v) is 12.1. The molecule has 0 amide bonds. The van der Waals surface area contributed by atoms with Crippen LogP contribution in [-0.4, -0.2) is 45.3 Å². The van der Waals surface area contributed by atoms with Crippen LogP contribution in [0.4, 0.5) is 0 Å². The third-order valence-electron chi connectivity index (χ3n) is 6.66. The molecule has 5 nitrogen and oxygen atoms in total. The molecule has 1 aliphatic heterocycles. The van der Waals surface area contributed by atoms with Crippen LogP contribution in [0.25, 0.3) is 10.8 Å². The maximum absolute atomic E-state index is 6.22. The Bertz CT molecular complexity index is 1240. The monoisotopic (exact) mass is 468 g/mol. The van der Waals surface area contributed by atoms with Gasteiger partial charge in [-0.3, -0.25) is 4.90 Å². The summed E-state index contributed by atoms with van der Waals surface area (Å²) in [5, 5.41) is 5.99. The predicted molar refractivity (Wildman–Crippen MR) is 141 cm³/mol. The van der Waals surface area contributed by atoms with E-state index in [0.29, 0.717) is 23.9 Å². The first-order valence-electron chi connectivity index (χ1n) is 12.1. The highest BCUT2D eigenvalue weighted by atomic mass is 16.5. The van der Waals surface area contributed by atoms with Gasteiger partial charge in [0.2, 0.25) is 5.75 Å². The Kier molecular flexibility index (Phi) is 7.17. The topological polar surface area (TPSA) is 43.0 Å². The molecule has 1 saturated heterocycles. The lowest BCUT2D eigenvalue weighted by atomic mass is 9.91. The second-order valence-electron chi connectivity index (χ2n) is 8.79. The Morgan fingerprint density at radius 2 is 1.46 bits per heavy atom. The van der Waals surface area contributed by atoms with E-state index in [9.17, 15) is 0 Å². The van der Waals surface area contributed by atoms with Gasteiger partial charge in [-0.05, 0) is 39.6 Å². The van der Waals surface area contributed by atoms with Crippen LogP contribution in [0.1, 0.15) is 22.7 Å². The number of nitrogens with one attached hydrogen (secondary N) is 1. The minimum atomic E-state index is 0.0640. The summed E-state index contributed by atoms with van der Waals surface area (Å²) in [6.45, 7) is 4.30. The maximum atomic E-state index is 6.22. The second-order valence-corrected chi connectivity index (χ2v) is 8.79. The zero-order valence-electron chi connectivity index (χ0n) is 20.4. The number of fused-ring (bicyclic) bond motifs is 1. The van der Waals surface area contributed by atoms with Crippen molar-refractivity contribution in [2.45, 2.75) is 12.6 Å². The van der Waals surface area contributed by atoms with Gasteiger partial charge in [0.15, 0.2) is 11.5 Å². The van der Waals surface area contributed by atoms with Gasteiger partial charge in [0.25, 0.3) is 0 Å².